The summed E-state index contributed by atoms with van der Waals surface area (Å²) in [6, 6.07) is 0. The molecule has 4 N–H and O–H groups in total. The van der Waals surface area contributed by atoms with Crippen LogP contribution in [-0.2, 0) is 0 Å². The predicted molar refractivity (Wildman–Crippen MR) is 81.2 cm³/mol. The van der Waals surface area contributed by atoms with Gasteiger partial charge in [-0.05, 0) is 18.8 Å². The molecular weight excluding hydrogens is 262 g/mol. The Morgan fingerprint density at radius 2 is 2.16 bits per heavy atom. The fraction of sp³-hybridized carbons (Fsp3) is 0.615. The van der Waals surface area contributed by atoms with Gasteiger partial charge >= 0.3 is 0 Å². The first kappa shape index (κ1) is 15.6. The van der Waals surface area contributed by atoms with Crippen LogP contribution in [0.15, 0.2) is 0 Å². The molecule has 0 unspecified atom stereocenters. The highest BCUT2D eigenvalue weighted by Gasteiger charge is 2.20. The summed E-state index contributed by atoms with van der Waals surface area (Å²) in [5.41, 5.74) is 6.33. The van der Waals surface area contributed by atoms with Crippen molar-refractivity contribution in [2.75, 3.05) is 31.8 Å². The van der Waals surface area contributed by atoms with Crippen molar-refractivity contribution in [3.63, 3.8) is 0 Å². The molecule has 1 rings (SSSR count). The summed E-state index contributed by atoms with van der Waals surface area (Å²) < 4.78 is 5.27. The molecule has 1 amide bonds. The van der Waals surface area contributed by atoms with E-state index in [-0.39, 0.29) is 5.91 Å². The van der Waals surface area contributed by atoms with Crippen molar-refractivity contribution >= 4 is 27.9 Å². The van der Waals surface area contributed by atoms with Gasteiger partial charge in [0.15, 0.2) is 5.75 Å². The summed E-state index contributed by atoms with van der Waals surface area (Å²) in [6.45, 7) is 5.25. The van der Waals surface area contributed by atoms with E-state index in [1.807, 2.05) is 0 Å². The molecule has 1 aromatic heterocycles. The topological polar surface area (TPSA) is 76.4 Å². The Balaban J connectivity index is 2.74. The van der Waals surface area contributed by atoms with E-state index in [0.717, 1.165) is 18.0 Å². The maximum absolute atomic E-state index is 11.7. The summed E-state index contributed by atoms with van der Waals surface area (Å²) in [5.74, 6) is 1.07. The van der Waals surface area contributed by atoms with Gasteiger partial charge in [0.2, 0.25) is 0 Å². The van der Waals surface area contributed by atoms with E-state index in [9.17, 15) is 4.79 Å². The van der Waals surface area contributed by atoms with Crippen molar-refractivity contribution in [3.8, 4) is 5.75 Å². The van der Waals surface area contributed by atoms with E-state index in [1.54, 1.807) is 14.2 Å². The monoisotopic (exact) mass is 285 g/mol. The molecule has 0 atom stereocenters. The zero-order chi connectivity index (χ0) is 14.4. The summed E-state index contributed by atoms with van der Waals surface area (Å²) in [6.07, 6.45) is 2.24. The van der Waals surface area contributed by atoms with Gasteiger partial charge in [-0.15, -0.1) is 11.3 Å². The average Bonchev–Trinajstić information content (AvgIpc) is 2.70. The van der Waals surface area contributed by atoms with Crippen molar-refractivity contribution in [2.24, 2.45) is 5.92 Å². The number of rotatable bonds is 7. The highest BCUT2D eigenvalue weighted by atomic mass is 32.1. The van der Waals surface area contributed by atoms with Gasteiger partial charge in [0, 0.05) is 13.6 Å². The third-order valence-electron chi connectivity index (χ3n) is 2.78. The zero-order valence-corrected chi connectivity index (χ0v) is 12.8. The van der Waals surface area contributed by atoms with E-state index in [1.165, 1.54) is 17.8 Å². The van der Waals surface area contributed by atoms with E-state index in [0.29, 0.717) is 22.2 Å². The Bertz CT molecular complexity index is 430. The number of thiophene rings is 1. The normalized spacial score (nSPS) is 10.6. The summed E-state index contributed by atoms with van der Waals surface area (Å²) in [7, 11) is 3.15. The van der Waals surface area contributed by atoms with E-state index >= 15 is 0 Å². The lowest BCUT2D eigenvalue weighted by molar-refractivity contribution is 0.0967. The van der Waals surface area contributed by atoms with Crippen LogP contribution in [0.25, 0.3) is 0 Å². The fourth-order valence-electron chi connectivity index (χ4n) is 1.74. The van der Waals surface area contributed by atoms with Crippen LogP contribution in [0, 0.1) is 5.92 Å². The third kappa shape index (κ3) is 4.02. The maximum atomic E-state index is 11.7. The fourth-order valence-corrected chi connectivity index (χ4v) is 2.80. The Labute approximate surface area is 118 Å². The quantitative estimate of drug-likeness (QED) is 0.673. The van der Waals surface area contributed by atoms with Gasteiger partial charge in [0.05, 0.1) is 7.11 Å². The first-order valence-electron chi connectivity index (χ1n) is 6.43. The van der Waals surface area contributed by atoms with Crippen LogP contribution in [0.5, 0.6) is 5.75 Å². The maximum Gasteiger partial charge on any atom is 0.263 e. The van der Waals surface area contributed by atoms with Gasteiger partial charge in [-0.25, -0.2) is 0 Å². The molecule has 19 heavy (non-hydrogen) atoms. The van der Waals surface area contributed by atoms with Crippen LogP contribution in [0.1, 0.15) is 36.4 Å². The molecule has 0 saturated heterocycles. The van der Waals surface area contributed by atoms with E-state index < -0.39 is 0 Å². The Kier molecular flexibility index (Phi) is 5.95. The highest BCUT2D eigenvalue weighted by Crippen LogP contribution is 2.42. The highest BCUT2D eigenvalue weighted by molar-refractivity contribution is 7.19. The third-order valence-corrected chi connectivity index (χ3v) is 3.92. The lowest BCUT2D eigenvalue weighted by atomic mass is 10.1. The van der Waals surface area contributed by atoms with Gasteiger partial charge in [-0.3, -0.25) is 4.79 Å². The van der Waals surface area contributed by atoms with Crippen molar-refractivity contribution in [1.29, 1.82) is 0 Å². The largest absolute Gasteiger partial charge is 0.492 e. The molecule has 0 aliphatic carbocycles. The molecule has 1 heterocycles. The first-order chi connectivity index (χ1) is 9.01. The molecule has 6 heteroatoms. The minimum atomic E-state index is -0.184. The number of anilines is 2. The predicted octanol–water partition coefficient (Wildman–Crippen LogP) is 2.55. The summed E-state index contributed by atoms with van der Waals surface area (Å²) >= 11 is 1.33. The molecule has 0 aromatic carbocycles. The number of methoxy groups -OCH3 is 1. The Morgan fingerprint density at radius 3 is 2.68 bits per heavy atom. The number of nitrogen functional groups attached to an aromatic ring is 1. The molecule has 0 aliphatic rings. The van der Waals surface area contributed by atoms with Gasteiger partial charge in [-0.2, -0.15) is 0 Å². The van der Waals surface area contributed by atoms with Crippen molar-refractivity contribution in [3.05, 3.63) is 4.88 Å². The lowest BCUT2D eigenvalue weighted by Crippen LogP contribution is -2.17. The molecule has 0 bridgehead atoms. The number of carbonyl (C=O) groups is 1. The number of nitrogens with one attached hydrogen (secondary N) is 2. The van der Waals surface area contributed by atoms with Crippen LogP contribution < -0.4 is 21.1 Å². The first-order valence-corrected chi connectivity index (χ1v) is 7.25. The standard InChI is InChI=1S/C13H23N3O2S/c1-8(2)6-5-7-16-13-10(18-4)9(14)11(19-13)12(17)15-3/h8,16H,5-7,14H2,1-4H3,(H,15,17). The number of hydrogen-bond donors (Lipinski definition) is 3. The molecule has 5 nitrogen and oxygen atoms in total. The van der Waals surface area contributed by atoms with Crippen LogP contribution in [0.2, 0.25) is 0 Å². The van der Waals surface area contributed by atoms with Crippen molar-refractivity contribution in [1.82, 2.24) is 5.32 Å². The number of carbonyl (C=O) groups excluding carboxylic acids is 1. The number of nitrogens with two attached hydrogens (primary N) is 1. The number of hydrogen-bond acceptors (Lipinski definition) is 5. The molecule has 0 spiro atoms. The molecule has 0 fully saturated rings. The Hall–Kier alpha value is -1.43. The number of amides is 1. The zero-order valence-electron chi connectivity index (χ0n) is 12.0. The summed E-state index contributed by atoms with van der Waals surface area (Å²) in [4.78, 5) is 12.2. The SMILES string of the molecule is CNC(=O)c1sc(NCCCC(C)C)c(OC)c1N. The van der Waals surface area contributed by atoms with E-state index in [4.69, 9.17) is 10.5 Å². The average molecular weight is 285 g/mol. The molecule has 0 aliphatic heterocycles. The van der Waals surface area contributed by atoms with Gasteiger partial charge in [-0.1, -0.05) is 13.8 Å². The Morgan fingerprint density at radius 1 is 1.47 bits per heavy atom. The number of ether oxygens (including phenoxy) is 1. The minimum absolute atomic E-state index is 0.184. The van der Waals surface area contributed by atoms with E-state index in [2.05, 4.69) is 24.5 Å². The van der Waals surface area contributed by atoms with Gasteiger partial charge in [0.25, 0.3) is 5.91 Å². The smallest absolute Gasteiger partial charge is 0.263 e. The van der Waals surface area contributed by atoms with Crippen molar-refractivity contribution in [2.45, 2.75) is 26.7 Å². The minimum Gasteiger partial charge on any atom is -0.492 e. The molecular formula is C13H23N3O2S. The molecule has 108 valence electrons. The van der Waals surface area contributed by atoms with Crippen LogP contribution in [0.3, 0.4) is 0 Å². The second-order valence-corrected chi connectivity index (χ2v) is 5.77. The summed E-state index contributed by atoms with van der Waals surface area (Å²) in [5, 5.41) is 6.69. The second kappa shape index (κ2) is 7.23. The lowest BCUT2D eigenvalue weighted by Gasteiger charge is -2.08. The van der Waals surface area contributed by atoms with Crippen LogP contribution >= 0.6 is 11.3 Å². The molecule has 0 radical (unpaired) electrons. The van der Waals surface area contributed by atoms with Crippen molar-refractivity contribution < 1.29 is 9.53 Å². The van der Waals surface area contributed by atoms with Crippen LogP contribution in [0.4, 0.5) is 10.7 Å². The second-order valence-electron chi connectivity index (χ2n) is 4.75. The van der Waals surface area contributed by atoms with Gasteiger partial charge < -0.3 is 21.1 Å². The molecule has 0 saturated carbocycles. The van der Waals surface area contributed by atoms with Gasteiger partial charge in [0.1, 0.15) is 15.6 Å². The molecule has 1 aromatic rings. The van der Waals surface area contributed by atoms with Crippen LogP contribution in [-0.4, -0.2) is 26.6 Å².